The summed E-state index contributed by atoms with van der Waals surface area (Å²) in [7, 11) is 2.02. The van der Waals surface area contributed by atoms with Crippen LogP contribution in [0.5, 0.6) is 0 Å². The van der Waals surface area contributed by atoms with Gasteiger partial charge in [-0.25, -0.2) is 0 Å². The predicted molar refractivity (Wildman–Crippen MR) is 109 cm³/mol. The number of hydrogen-bond donors (Lipinski definition) is 3. The van der Waals surface area contributed by atoms with E-state index in [4.69, 9.17) is 0 Å². The molecule has 0 aliphatic carbocycles. The maximum atomic E-state index is 3.68. The van der Waals surface area contributed by atoms with Gasteiger partial charge in [0.05, 0.1) is 12.1 Å². The Labute approximate surface area is 156 Å². The molecule has 3 N–H and O–H groups in total. The van der Waals surface area contributed by atoms with Crippen LogP contribution in [-0.4, -0.2) is 13.7 Å². The largest absolute Gasteiger partial charge is 0.311 e. The van der Waals surface area contributed by atoms with E-state index in [0.717, 1.165) is 13.2 Å². The molecule has 3 aromatic carbocycles. The van der Waals surface area contributed by atoms with E-state index in [1.54, 1.807) is 0 Å². The Morgan fingerprint density at radius 2 is 1.15 bits per heavy atom. The number of nitrogens with one attached hydrogen (secondary N) is 3. The predicted octanol–water partition coefficient (Wildman–Crippen LogP) is 4.03. The second kappa shape index (κ2) is 9.88. The zero-order valence-electron chi connectivity index (χ0n) is 15.2. The molecule has 26 heavy (non-hydrogen) atoms. The molecular weight excluding hydrogens is 318 g/mol. The molecule has 0 aliphatic rings. The molecule has 0 unspecified atom stereocenters. The fourth-order valence-electron chi connectivity index (χ4n) is 3.26. The number of likely N-dealkylation sites (N-methyl/N-ethyl adjacent to an activating group) is 1. The van der Waals surface area contributed by atoms with Crippen LogP contribution in [0.1, 0.15) is 28.8 Å². The Hall–Kier alpha value is -2.46. The first kappa shape index (κ1) is 18.3. The van der Waals surface area contributed by atoms with E-state index in [1.807, 2.05) is 13.1 Å². The van der Waals surface area contributed by atoms with Crippen LogP contribution in [0.2, 0.25) is 0 Å². The molecule has 0 spiro atoms. The topological polar surface area (TPSA) is 36.1 Å². The fraction of sp³-hybridized carbons (Fsp3) is 0.217. The maximum absolute atomic E-state index is 3.68. The molecule has 3 nitrogen and oxygen atoms in total. The standard InChI is InChI=1S/C23H27N3/c1-24-22(20-13-7-3-8-14-20)23(21-15-9-4-10-16-21)26-18-25-17-19-11-5-2-6-12-19/h2-16,22-26H,17-18H2,1H3/t22-,23+/m0/s1. The van der Waals surface area contributed by atoms with Crippen molar-refractivity contribution in [2.45, 2.75) is 18.6 Å². The number of hydrogen-bond acceptors (Lipinski definition) is 3. The molecule has 2 atom stereocenters. The molecular formula is C23H27N3. The van der Waals surface area contributed by atoms with E-state index in [9.17, 15) is 0 Å². The molecule has 3 rings (SSSR count). The molecule has 0 heterocycles. The Balaban J connectivity index is 1.69. The van der Waals surface area contributed by atoms with Gasteiger partial charge in [0, 0.05) is 13.2 Å². The van der Waals surface area contributed by atoms with Crippen molar-refractivity contribution in [2.75, 3.05) is 13.7 Å². The van der Waals surface area contributed by atoms with E-state index in [1.165, 1.54) is 16.7 Å². The van der Waals surface area contributed by atoms with Crippen LogP contribution in [-0.2, 0) is 6.54 Å². The summed E-state index contributed by atoms with van der Waals surface area (Å²) in [6.07, 6.45) is 0. The van der Waals surface area contributed by atoms with Gasteiger partial charge in [-0.2, -0.15) is 0 Å². The van der Waals surface area contributed by atoms with Crippen molar-refractivity contribution in [3.05, 3.63) is 108 Å². The highest BCUT2D eigenvalue weighted by Crippen LogP contribution is 2.28. The minimum Gasteiger partial charge on any atom is -0.311 e. The van der Waals surface area contributed by atoms with Gasteiger partial charge in [0.1, 0.15) is 0 Å². The fourth-order valence-corrected chi connectivity index (χ4v) is 3.26. The van der Waals surface area contributed by atoms with Crippen LogP contribution in [0, 0.1) is 0 Å². The smallest absolute Gasteiger partial charge is 0.0527 e. The molecule has 0 aromatic heterocycles. The maximum Gasteiger partial charge on any atom is 0.0527 e. The highest BCUT2D eigenvalue weighted by Gasteiger charge is 2.22. The summed E-state index contributed by atoms with van der Waals surface area (Å²) in [4.78, 5) is 0. The van der Waals surface area contributed by atoms with E-state index in [0.29, 0.717) is 0 Å². The summed E-state index contributed by atoms with van der Waals surface area (Å²) in [6.45, 7) is 1.59. The van der Waals surface area contributed by atoms with Gasteiger partial charge in [-0.15, -0.1) is 0 Å². The SMILES string of the molecule is CN[C@@H](c1ccccc1)[C@H](NCNCc1ccccc1)c1ccccc1. The van der Waals surface area contributed by atoms with Crippen molar-refractivity contribution in [3.8, 4) is 0 Å². The lowest BCUT2D eigenvalue weighted by atomic mass is 9.93. The number of benzene rings is 3. The Morgan fingerprint density at radius 1 is 0.654 bits per heavy atom. The van der Waals surface area contributed by atoms with E-state index in [2.05, 4.69) is 101 Å². The van der Waals surface area contributed by atoms with Gasteiger partial charge in [-0.1, -0.05) is 91.0 Å². The lowest BCUT2D eigenvalue weighted by Crippen LogP contribution is -2.38. The normalized spacial score (nSPS) is 13.3. The van der Waals surface area contributed by atoms with Crippen LogP contribution in [0.15, 0.2) is 91.0 Å². The molecule has 0 saturated carbocycles. The average molecular weight is 345 g/mol. The van der Waals surface area contributed by atoms with Gasteiger partial charge in [0.2, 0.25) is 0 Å². The van der Waals surface area contributed by atoms with Crippen molar-refractivity contribution in [1.82, 2.24) is 16.0 Å². The molecule has 0 saturated heterocycles. The summed E-state index contributed by atoms with van der Waals surface area (Å²) >= 11 is 0. The Bertz CT molecular complexity index is 744. The summed E-state index contributed by atoms with van der Waals surface area (Å²) in [5.74, 6) is 0. The van der Waals surface area contributed by atoms with Gasteiger partial charge >= 0.3 is 0 Å². The highest BCUT2D eigenvalue weighted by molar-refractivity contribution is 5.27. The van der Waals surface area contributed by atoms with Gasteiger partial charge in [0.15, 0.2) is 0 Å². The molecule has 0 aliphatic heterocycles. The Kier molecular flexibility index (Phi) is 6.96. The van der Waals surface area contributed by atoms with Gasteiger partial charge in [-0.3, -0.25) is 5.32 Å². The monoisotopic (exact) mass is 345 g/mol. The first-order valence-electron chi connectivity index (χ1n) is 9.13. The van der Waals surface area contributed by atoms with Crippen molar-refractivity contribution in [2.24, 2.45) is 0 Å². The second-order valence-electron chi connectivity index (χ2n) is 6.36. The lowest BCUT2D eigenvalue weighted by molar-refractivity contribution is 0.390. The first-order valence-corrected chi connectivity index (χ1v) is 9.13. The molecule has 0 radical (unpaired) electrons. The third-order valence-corrected chi connectivity index (χ3v) is 4.58. The van der Waals surface area contributed by atoms with E-state index in [-0.39, 0.29) is 12.1 Å². The average Bonchev–Trinajstić information content (AvgIpc) is 2.72. The minimum absolute atomic E-state index is 0.173. The van der Waals surface area contributed by atoms with Crippen molar-refractivity contribution >= 4 is 0 Å². The highest BCUT2D eigenvalue weighted by atomic mass is 15.1. The van der Waals surface area contributed by atoms with Crippen LogP contribution in [0.25, 0.3) is 0 Å². The van der Waals surface area contributed by atoms with Crippen LogP contribution < -0.4 is 16.0 Å². The molecule has 134 valence electrons. The zero-order valence-corrected chi connectivity index (χ0v) is 15.2. The third-order valence-electron chi connectivity index (χ3n) is 4.58. The summed E-state index contributed by atoms with van der Waals surface area (Å²) in [6, 6.07) is 32.1. The van der Waals surface area contributed by atoms with Crippen LogP contribution >= 0.6 is 0 Å². The van der Waals surface area contributed by atoms with Crippen LogP contribution in [0.3, 0.4) is 0 Å². The van der Waals surface area contributed by atoms with Crippen molar-refractivity contribution < 1.29 is 0 Å². The molecule has 0 amide bonds. The zero-order chi connectivity index (χ0) is 18.0. The number of rotatable bonds is 9. The Morgan fingerprint density at radius 3 is 1.69 bits per heavy atom. The molecule has 0 bridgehead atoms. The van der Waals surface area contributed by atoms with Gasteiger partial charge in [-0.05, 0) is 23.7 Å². The summed E-state index contributed by atoms with van der Waals surface area (Å²) < 4.78 is 0. The molecule has 0 fully saturated rings. The van der Waals surface area contributed by atoms with Crippen molar-refractivity contribution in [1.29, 1.82) is 0 Å². The molecule has 3 aromatic rings. The first-order chi connectivity index (χ1) is 12.9. The van der Waals surface area contributed by atoms with E-state index >= 15 is 0 Å². The van der Waals surface area contributed by atoms with Gasteiger partial charge < -0.3 is 10.6 Å². The van der Waals surface area contributed by atoms with E-state index < -0.39 is 0 Å². The second-order valence-corrected chi connectivity index (χ2v) is 6.36. The van der Waals surface area contributed by atoms with Gasteiger partial charge in [0.25, 0.3) is 0 Å². The van der Waals surface area contributed by atoms with Crippen molar-refractivity contribution in [3.63, 3.8) is 0 Å². The minimum atomic E-state index is 0.173. The quantitative estimate of drug-likeness (QED) is 0.405. The summed E-state index contributed by atoms with van der Waals surface area (Å²) in [5, 5.41) is 10.7. The third kappa shape index (κ3) is 5.02. The summed E-state index contributed by atoms with van der Waals surface area (Å²) in [5.41, 5.74) is 3.84. The lowest BCUT2D eigenvalue weighted by Gasteiger charge is -2.29. The molecule has 3 heteroatoms. The van der Waals surface area contributed by atoms with Crippen LogP contribution in [0.4, 0.5) is 0 Å².